The number of hydrazine groups is 1. The maximum Gasteiger partial charge on any atom is 0.417 e. The molecule has 0 amide bonds. The number of nitrogens with one attached hydrogen (secondary N) is 1. The molecule has 0 heterocycles. The van der Waals surface area contributed by atoms with Crippen LogP contribution in [0.2, 0.25) is 0 Å². The van der Waals surface area contributed by atoms with E-state index >= 15 is 0 Å². The molecule has 3 nitrogen and oxygen atoms in total. The molecular weight excluding hydrogens is 239 g/mol. The first-order valence-electron chi connectivity index (χ1n) is 4.48. The number of hydrogen-bond acceptors (Lipinski definition) is 4. The fourth-order valence-electron chi connectivity index (χ4n) is 1.11. The van der Waals surface area contributed by atoms with Crippen LogP contribution in [0.4, 0.5) is 18.9 Å². The van der Waals surface area contributed by atoms with Crippen LogP contribution in [0.5, 0.6) is 0 Å². The molecule has 0 saturated heterocycles. The number of halogens is 3. The van der Waals surface area contributed by atoms with Gasteiger partial charge in [-0.05, 0) is 18.2 Å². The second kappa shape index (κ2) is 5.42. The van der Waals surface area contributed by atoms with Gasteiger partial charge in [0.2, 0.25) is 0 Å². The van der Waals surface area contributed by atoms with E-state index in [0.29, 0.717) is 12.3 Å². The van der Waals surface area contributed by atoms with Gasteiger partial charge in [-0.3, -0.25) is 11.3 Å². The highest BCUT2D eigenvalue weighted by atomic mass is 32.2. The summed E-state index contributed by atoms with van der Waals surface area (Å²) < 4.78 is 37.9. The van der Waals surface area contributed by atoms with Gasteiger partial charge in [-0.25, -0.2) is 0 Å². The van der Waals surface area contributed by atoms with Crippen molar-refractivity contribution in [3.8, 4) is 0 Å². The van der Waals surface area contributed by atoms with Crippen molar-refractivity contribution in [2.45, 2.75) is 11.1 Å². The molecule has 1 rings (SSSR count). The Hall–Kier alpha value is -0.920. The zero-order valence-electron chi connectivity index (χ0n) is 8.34. The Morgan fingerprint density at radius 2 is 2.00 bits per heavy atom. The molecule has 0 radical (unpaired) electrons. The first-order valence-corrected chi connectivity index (χ1v) is 5.46. The third kappa shape index (κ3) is 3.58. The molecule has 0 aliphatic rings. The van der Waals surface area contributed by atoms with Crippen LogP contribution < -0.4 is 17.0 Å². The topological polar surface area (TPSA) is 64.1 Å². The van der Waals surface area contributed by atoms with Crippen LogP contribution in [0.15, 0.2) is 23.1 Å². The summed E-state index contributed by atoms with van der Waals surface area (Å²) in [6.45, 7) is 0.437. The van der Waals surface area contributed by atoms with Crippen molar-refractivity contribution in [3.05, 3.63) is 23.8 Å². The zero-order valence-corrected chi connectivity index (χ0v) is 9.16. The molecule has 1 aromatic rings. The van der Waals surface area contributed by atoms with Gasteiger partial charge in [0, 0.05) is 22.9 Å². The van der Waals surface area contributed by atoms with Crippen LogP contribution in [0, 0.1) is 0 Å². The Labute approximate surface area is 95.3 Å². The molecule has 90 valence electrons. The summed E-state index contributed by atoms with van der Waals surface area (Å²) in [6.07, 6.45) is -4.38. The molecule has 0 bridgehead atoms. The van der Waals surface area contributed by atoms with Gasteiger partial charge in [0.25, 0.3) is 0 Å². The Balaban J connectivity index is 2.90. The lowest BCUT2D eigenvalue weighted by atomic mass is 10.2. The average Bonchev–Trinajstić information content (AvgIpc) is 2.19. The minimum Gasteiger partial charge on any atom is -0.399 e. The van der Waals surface area contributed by atoms with Crippen LogP contribution in [-0.4, -0.2) is 12.3 Å². The van der Waals surface area contributed by atoms with Crippen LogP contribution in [0.1, 0.15) is 5.56 Å². The summed E-state index contributed by atoms with van der Waals surface area (Å²) in [7, 11) is 0. The van der Waals surface area contributed by atoms with Gasteiger partial charge < -0.3 is 5.73 Å². The van der Waals surface area contributed by atoms with Crippen molar-refractivity contribution in [2.24, 2.45) is 5.84 Å². The minimum absolute atomic E-state index is 0.105. The van der Waals surface area contributed by atoms with Gasteiger partial charge in [0.15, 0.2) is 0 Å². The Morgan fingerprint density at radius 1 is 1.31 bits per heavy atom. The summed E-state index contributed by atoms with van der Waals surface area (Å²) in [5, 5.41) is 0. The summed E-state index contributed by atoms with van der Waals surface area (Å²) in [4.78, 5) is 0.164. The molecule has 0 unspecified atom stereocenters. The van der Waals surface area contributed by atoms with E-state index in [9.17, 15) is 13.2 Å². The summed E-state index contributed by atoms with van der Waals surface area (Å²) in [6, 6.07) is 3.77. The number of thioether (sulfide) groups is 1. The maximum atomic E-state index is 12.6. The quantitative estimate of drug-likeness (QED) is 0.251. The molecule has 16 heavy (non-hydrogen) atoms. The van der Waals surface area contributed by atoms with Gasteiger partial charge in [-0.1, -0.05) is 0 Å². The third-order valence-electron chi connectivity index (χ3n) is 1.81. The number of nitrogens with two attached hydrogens (primary N) is 2. The Kier molecular flexibility index (Phi) is 4.45. The fourth-order valence-corrected chi connectivity index (χ4v) is 2.05. The molecule has 0 atom stereocenters. The van der Waals surface area contributed by atoms with E-state index < -0.39 is 11.7 Å². The predicted octanol–water partition coefficient (Wildman–Crippen LogP) is 1.84. The van der Waals surface area contributed by atoms with Crippen LogP contribution >= 0.6 is 11.8 Å². The predicted molar refractivity (Wildman–Crippen MR) is 58.8 cm³/mol. The number of alkyl halides is 3. The van der Waals surface area contributed by atoms with Gasteiger partial charge in [-0.15, -0.1) is 11.8 Å². The van der Waals surface area contributed by atoms with Gasteiger partial charge in [0.1, 0.15) is 0 Å². The fraction of sp³-hybridized carbons (Fsp3) is 0.333. The first-order chi connectivity index (χ1) is 7.45. The van der Waals surface area contributed by atoms with Crippen LogP contribution in [0.25, 0.3) is 0 Å². The minimum atomic E-state index is -4.38. The number of rotatable bonds is 4. The maximum absolute atomic E-state index is 12.6. The summed E-state index contributed by atoms with van der Waals surface area (Å²) >= 11 is 1.09. The van der Waals surface area contributed by atoms with E-state index in [0.717, 1.165) is 17.8 Å². The molecule has 0 aliphatic heterocycles. The van der Waals surface area contributed by atoms with E-state index in [4.69, 9.17) is 11.6 Å². The molecule has 0 saturated carbocycles. The highest BCUT2D eigenvalue weighted by Crippen LogP contribution is 2.37. The SMILES string of the molecule is NNCCSc1ccc(N)cc1C(F)(F)F. The van der Waals surface area contributed by atoms with Gasteiger partial charge in [0.05, 0.1) is 5.56 Å². The van der Waals surface area contributed by atoms with Crippen molar-refractivity contribution in [2.75, 3.05) is 18.0 Å². The molecule has 0 aromatic heterocycles. The molecule has 7 heteroatoms. The lowest BCUT2D eigenvalue weighted by Gasteiger charge is -2.12. The Morgan fingerprint density at radius 3 is 2.56 bits per heavy atom. The monoisotopic (exact) mass is 251 g/mol. The van der Waals surface area contributed by atoms with Crippen molar-refractivity contribution < 1.29 is 13.2 Å². The van der Waals surface area contributed by atoms with Crippen molar-refractivity contribution in [1.82, 2.24) is 5.43 Å². The van der Waals surface area contributed by atoms with E-state index in [1.807, 2.05) is 0 Å². The second-order valence-corrected chi connectivity index (χ2v) is 4.19. The first kappa shape index (κ1) is 13.1. The number of benzene rings is 1. The number of anilines is 1. The normalized spacial score (nSPS) is 11.8. The van der Waals surface area contributed by atoms with E-state index in [1.165, 1.54) is 12.1 Å². The third-order valence-corrected chi connectivity index (χ3v) is 2.89. The molecule has 0 fully saturated rings. The molecular formula is C9H12F3N3S. The smallest absolute Gasteiger partial charge is 0.399 e. The van der Waals surface area contributed by atoms with E-state index in [1.54, 1.807) is 0 Å². The van der Waals surface area contributed by atoms with Crippen molar-refractivity contribution in [1.29, 1.82) is 0 Å². The largest absolute Gasteiger partial charge is 0.417 e. The molecule has 5 N–H and O–H groups in total. The molecule has 1 aromatic carbocycles. The standard InChI is InChI=1S/C9H12F3N3S/c10-9(11,12)7-5-6(13)1-2-8(7)16-4-3-15-14/h1-2,5,15H,3-4,13-14H2. The van der Waals surface area contributed by atoms with E-state index in [2.05, 4.69) is 5.43 Å². The lowest BCUT2D eigenvalue weighted by molar-refractivity contribution is -0.139. The number of nitrogen functional groups attached to an aromatic ring is 1. The van der Waals surface area contributed by atoms with Gasteiger partial charge in [-0.2, -0.15) is 13.2 Å². The highest BCUT2D eigenvalue weighted by Gasteiger charge is 2.33. The van der Waals surface area contributed by atoms with Crippen LogP contribution in [0.3, 0.4) is 0 Å². The highest BCUT2D eigenvalue weighted by molar-refractivity contribution is 7.99. The summed E-state index contributed by atoms with van der Waals surface area (Å²) in [5.41, 5.74) is 7.12. The Bertz CT molecular complexity index is 354. The molecule has 0 aliphatic carbocycles. The zero-order chi connectivity index (χ0) is 12.2. The van der Waals surface area contributed by atoms with Crippen LogP contribution in [-0.2, 0) is 6.18 Å². The molecule has 0 spiro atoms. The van der Waals surface area contributed by atoms with Crippen molar-refractivity contribution in [3.63, 3.8) is 0 Å². The number of hydrogen-bond donors (Lipinski definition) is 3. The lowest BCUT2D eigenvalue weighted by Crippen LogP contribution is -2.24. The van der Waals surface area contributed by atoms with E-state index in [-0.39, 0.29) is 10.6 Å². The summed E-state index contributed by atoms with van der Waals surface area (Å²) in [5.74, 6) is 5.50. The van der Waals surface area contributed by atoms with Crippen molar-refractivity contribution >= 4 is 17.4 Å². The average molecular weight is 251 g/mol. The van der Waals surface area contributed by atoms with Gasteiger partial charge >= 0.3 is 6.18 Å². The second-order valence-electron chi connectivity index (χ2n) is 3.06.